The highest BCUT2D eigenvalue weighted by atomic mass is 32.2. The van der Waals surface area contributed by atoms with E-state index in [1.807, 2.05) is 50.2 Å². The molecule has 1 aromatic heterocycles. The van der Waals surface area contributed by atoms with Gasteiger partial charge in [0.15, 0.2) is 0 Å². The van der Waals surface area contributed by atoms with Crippen LogP contribution in [0.4, 0.5) is 0 Å². The van der Waals surface area contributed by atoms with Gasteiger partial charge in [0.25, 0.3) is 10.0 Å². The number of imide groups is 1. The van der Waals surface area contributed by atoms with Crippen molar-refractivity contribution in [3.63, 3.8) is 0 Å². The molecule has 2 amide bonds. The van der Waals surface area contributed by atoms with Crippen LogP contribution in [0.1, 0.15) is 49.9 Å². The second-order valence-electron chi connectivity index (χ2n) is 12.6. The number of hydrogen-bond donors (Lipinski definition) is 0. The number of rotatable bonds is 5. The van der Waals surface area contributed by atoms with Crippen molar-refractivity contribution in [1.29, 1.82) is 0 Å². The molecule has 0 spiro atoms. The molecule has 39 heavy (non-hydrogen) atoms. The van der Waals surface area contributed by atoms with Crippen molar-refractivity contribution in [2.24, 2.45) is 29.1 Å². The lowest BCUT2D eigenvalue weighted by Crippen LogP contribution is -2.71. The lowest BCUT2D eigenvalue weighted by atomic mass is 9.32. The molecule has 2 saturated carbocycles. The number of aryl methyl sites for hydroxylation is 1. The molecule has 204 valence electrons. The summed E-state index contributed by atoms with van der Waals surface area (Å²) in [5.74, 6) is -1.64. The van der Waals surface area contributed by atoms with Crippen LogP contribution < -0.4 is 0 Å². The van der Waals surface area contributed by atoms with Crippen molar-refractivity contribution < 1.29 is 22.7 Å². The van der Waals surface area contributed by atoms with Crippen LogP contribution in [-0.2, 0) is 29.8 Å². The summed E-state index contributed by atoms with van der Waals surface area (Å²) in [5.41, 5.74) is 2.27. The maximum absolute atomic E-state index is 14.5. The van der Waals surface area contributed by atoms with Gasteiger partial charge in [0.2, 0.25) is 11.8 Å². The normalized spacial score (nSPS) is 32.2. The minimum absolute atomic E-state index is 0.0773. The average Bonchev–Trinajstić information content (AvgIpc) is 3.37. The number of benzene rings is 2. The molecule has 0 unspecified atom stereocenters. The van der Waals surface area contributed by atoms with Crippen molar-refractivity contribution in [3.05, 3.63) is 65.4 Å². The van der Waals surface area contributed by atoms with Gasteiger partial charge in [-0.05, 0) is 61.3 Å². The molecule has 1 saturated heterocycles. The van der Waals surface area contributed by atoms with Crippen LogP contribution >= 0.6 is 0 Å². The van der Waals surface area contributed by atoms with E-state index in [0.717, 1.165) is 22.9 Å². The molecule has 2 aromatic carbocycles. The van der Waals surface area contributed by atoms with Crippen LogP contribution in [0.5, 0.6) is 0 Å². The molecule has 1 aliphatic heterocycles. The van der Waals surface area contributed by atoms with Crippen molar-refractivity contribution >= 4 is 32.7 Å². The van der Waals surface area contributed by atoms with Gasteiger partial charge >= 0.3 is 0 Å². The summed E-state index contributed by atoms with van der Waals surface area (Å²) < 4.78 is 36.5. The first-order chi connectivity index (χ1) is 18.5. The summed E-state index contributed by atoms with van der Waals surface area (Å²) in [6, 6.07) is 14.5. The molecular formula is C31H34N2O5S. The number of methoxy groups -OCH3 is 1. The smallest absolute Gasteiger partial charge is 0.268 e. The van der Waals surface area contributed by atoms with Gasteiger partial charge in [0, 0.05) is 36.1 Å². The predicted molar refractivity (Wildman–Crippen MR) is 147 cm³/mol. The molecule has 8 heteroatoms. The second kappa shape index (κ2) is 7.82. The number of fused-ring (bicyclic) bond motifs is 1. The van der Waals surface area contributed by atoms with E-state index < -0.39 is 27.3 Å². The fourth-order valence-corrected chi connectivity index (χ4v) is 11.0. The number of carbonyl (C=O) groups is 2. The van der Waals surface area contributed by atoms with Crippen LogP contribution in [0.3, 0.4) is 0 Å². The summed E-state index contributed by atoms with van der Waals surface area (Å²) in [7, 11) is -2.36. The Balaban J connectivity index is 1.63. The highest BCUT2D eigenvalue weighted by Crippen LogP contribution is 2.77. The van der Waals surface area contributed by atoms with Crippen molar-refractivity contribution in [2.45, 2.75) is 50.3 Å². The summed E-state index contributed by atoms with van der Waals surface area (Å²) in [6.07, 6.45) is 0.871. The Morgan fingerprint density at radius 1 is 1.00 bits per heavy atom. The molecule has 2 heterocycles. The quantitative estimate of drug-likeness (QED) is 0.441. The van der Waals surface area contributed by atoms with Gasteiger partial charge in [0.1, 0.15) is 0 Å². The molecule has 2 bridgehead atoms. The maximum atomic E-state index is 14.5. The third-order valence-electron chi connectivity index (χ3n) is 10.3. The standard InChI is InChI=1S/C31H34N2O5S/c1-6-32-28(34)23-22-20-15-30(3,4)27(20)31(16-38-5,25(23)29(32)35)24-19-9-7-8-10-21(19)33(26(22)24)39(36,37)18-13-11-17(2)12-14-18/h7-14,20,22-23,25,27H,6,15-16H2,1-5H3/t20-,22+,23+,25-,27+,31-/m1/s1. The van der Waals surface area contributed by atoms with E-state index in [2.05, 4.69) is 13.8 Å². The molecule has 0 radical (unpaired) electrons. The molecule has 3 aromatic rings. The number of ether oxygens (including phenoxy) is 1. The molecule has 7 nitrogen and oxygen atoms in total. The summed E-state index contributed by atoms with van der Waals surface area (Å²) >= 11 is 0. The summed E-state index contributed by atoms with van der Waals surface area (Å²) in [6.45, 7) is 8.81. The minimum Gasteiger partial charge on any atom is -0.384 e. The summed E-state index contributed by atoms with van der Waals surface area (Å²) in [5, 5.41) is 0.833. The summed E-state index contributed by atoms with van der Waals surface area (Å²) in [4.78, 5) is 29.6. The van der Waals surface area contributed by atoms with Gasteiger partial charge in [0.05, 0.1) is 28.9 Å². The first-order valence-electron chi connectivity index (χ1n) is 13.8. The van der Waals surface area contributed by atoms with E-state index in [1.54, 1.807) is 19.2 Å². The van der Waals surface area contributed by atoms with E-state index in [9.17, 15) is 18.0 Å². The number of aromatic nitrogens is 1. The number of likely N-dealkylation sites (tertiary alicyclic amines) is 1. The van der Waals surface area contributed by atoms with E-state index >= 15 is 0 Å². The van der Waals surface area contributed by atoms with E-state index in [4.69, 9.17) is 4.74 Å². The second-order valence-corrected chi connectivity index (χ2v) is 14.4. The van der Waals surface area contributed by atoms with Gasteiger partial charge in [-0.2, -0.15) is 0 Å². The Labute approximate surface area is 229 Å². The fourth-order valence-electron chi connectivity index (χ4n) is 9.38. The maximum Gasteiger partial charge on any atom is 0.268 e. The topological polar surface area (TPSA) is 85.7 Å². The molecular weight excluding hydrogens is 512 g/mol. The minimum atomic E-state index is -4.00. The molecule has 0 N–H and O–H groups in total. The Hall–Kier alpha value is -2.97. The largest absolute Gasteiger partial charge is 0.384 e. The SMILES string of the molecule is CCN1C(=O)[C@H]2[C@H]3c4c(c5ccccc5n4S(=O)(=O)c4ccc(C)cc4)[C@](COC)([C@H]2C1=O)[C@H]1[C@@H]3CC1(C)C. The fraction of sp³-hybridized carbons (Fsp3) is 0.484. The van der Waals surface area contributed by atoms with Gasteiger partial charge in [-0.1, -0.05) is 49.7 Å². The Bertz CT molecular complexity index is 1670. The van der Waals surface area contributed by atoms with Crippen LogP contribution in [0.25, 0.3) is 10.9 Å². The first-order valence-corrected chi connectivity index (χ1v) is 15.3. The zero-order chi connectivity index (χ0) is 27.6. The van der Waals surface area contributed by atoms with Gasteiger partial charge in [-0.15, -0.1) is 0 Å². The Morgan fingerprint density at radius 2 is 1.69 bits per heavy atom. The zero-order valence-corrected chi connectivity index (χ0v) is 23.8. The first kappa shape index (κ1) is 25.0. The highest BCUT2D eigenvalue weighted by Gasteiger charge is 2.78. The molecule has 8 rings (SSSR count). The average molecular weight is 547 g/mol. The number of para-hydroxylation sites is 1. The van der Waals surface area contributed by atoms with Gasteiger partial charge < -0.3 is 4.74 Å². The van der Waals surface area contributed by atoms with Crippen molar-refractivity contribution in [1.82, 2.24) is 8.87 Å². The molecule has 4 aliphatic carbocycles. The van der Waals surface area contributed by atoms with Crippen LogP contribution in [0.2, 0.25) is 0 Å². The number of nitrogens with zero attached hydrogens (tertiary/aromatic N) is 2. The number of amides is 2. The zero-order valence-electron chi connectivity index (χ0n) is 23.0. The lowest BCUT2D eigenvalue weighted by molar-refractivity contribution is -0.185. The Kier molecular flexibility index (Phi) is 5.02. The predicted octanol–water partition coefficient (Wildman–Crippen LogP) is 4.47. The molecule has 3 fully saturated rings. The van der Waals surface area contributed by atoms with Crippen molar-refractivity contribution in [3.8, 4) is 0 Å². The monoisotopic (exact) mass is 546 g/mol. The number of carbonyl (C=O) groups excluding carboxylic acids is 2. The van der Waals surface area contributed by atoms with Crippen molar-refractivity contribution in [2.75, 3.05) is 20.3 Å². The van der Waals surface area contributed by atoms with Crippen LogP contribution in [-0.4, -0.2) is 49.4 Å². The van der Waals surface area contributed by atoms with Gasteiger partial charge in [-0.25, -0.2) is 12.4 Å². The highest BCUT2D eigenvalue weighted by molar-refractivity contribution is 7.90. The van der Waals surface area contributed by atoms with E-state index in [-0.39, 0.29) is 46.5 Å². The third-order valence-corrected chi connectivity index (χ3v) is 12.1. The van der Waals surface area contributed by atoms with Crippen LogP contribution in [0, 0.1) is 36.0 Å². The van der Waals surface area contributed by atoms with E-state index in [1.165, 1.54) is 8.87 Å². The third kappa shape index (κ3) is 2.79. The molecule has 5 aliphatic rings. The lowest BCUT2D eigenvalue weighted by Gasteiger charge is -2.70. The van der Waals surface area contributed by atoms with E-state index in [0.29, 0.717) is 17.8 Å². The van der Waals surface area contributed by atoms with Gasteiger partial charge in [-0.3, -0.25) is 14.5 Å². The van der Waals surface area contributed by atoms with Crippen LogP contribution in [0.15, 0.2) is 53.4 Å². The Morgan fingerprint density at radius 3 is 2.33 bits per heavy atom. The number of hydrogen-bond acceptors (Lipinski definition) is 5. The molecule has 6 atom stereocenters.